The molecule has 0 saturated heterocycles. The van der Waals surface area contributed by atoms with Crippen LogP contribution in [0.1, 0.15) is 32.0 Å². The van der Waals surface area contributed by atoms with Gasteiger partial charge in [-0.2, -0.15) is 5.10 Å². The van der Waals surface area contributed by atoms with Crippen molar-refractivity contribution in [3.8, 4) is 0 Å². The number of nitrogens with one attached hydrogen (secondary N) is 1. The van der Waals surface area contributed by atoms with Crippen molar-refractivity contribution in [3.05, 3.63) is 15.0 Å². The van der Waals surface area contributed by atoms with Crippen molar-refractivity contribution in [1.82, 2.24) is 15.1 Å². The molecule has 0 radical (unpaired) electrons. The van der Waals surface area contributed by atoms with E-state index in [1.54, 1.807) is 4.90 Å². The molecule has 0 aliphatic carbocycles. The first kappa shape index (κ1) is 12.7. The van der Waals surface area contributed by atoms with Crippen molar-refractivity contribution in [2.45, 2.75) is 39.3 Å². The van der Waals surface area contributed by atoms with E-state index in [0.717, 1.165) is 21.4 Å². The molecule has 2 rings (SSSR count). The summed E-state index contributed by atoms with van der Waals surface area (Å²) < 4.78 is 6.30. The molecule has 1 aromatic heterocycles. The van der Waals surface area contributed by atoms with Crippen LogP contribution < -0.4 is 0 Å². The zero-order chi connectivity index (χ0) is 12.6. The number of nitrogens with zero attached hydrogens (tertiary/aromatic N) is 2. The second-order valence-corrected chi connectivity index (χ2v) is 6.15. The molecule has 0 spiro atoms. The molecule has 2 heterocycles. The van der Waals surface area contributed by atoms with E-state index in [9.17, 15) is 4.79 Å². The molecule has 1 aliphatic rings. The van der Waals surface area contributed by atoms with E-state index in [1.165, 1.54) is 0 Å². The highest BCUT2D eigenvalue weighted by Gasteiger charge is 2.27. The Kier molecular flexibility index (Phi) is 3.33. The number of carbonyl (C=O) groups is 1. The summed E-state index contributed by atoms with van der Waals surface area (Å²) in [5.41, 5.74) is 1.80. The molecule has 1 aliphatic heterocycles. The van der Waals surface area contributed by atoms with E-state index < -0.39 is 5.60 Å². The summed E-state index contributed by atoms with van der Waals surface area (Å²) >= 11 is 2.18. The van der Waals surface area contributed by atoms with Crippen LogP contribution in [-0.4, -0.2) is 33.3 Å². The number of halogens is 1. The van der Waals surface area contributed by atoms with Crippen LogP contribution in [0.3, 0.4) is 0 Å². The van der Waals surface area contributed by atoms with Gasteiger partial charge in [-0.15, -0.1) is 0 Å². The standard InChI is InChI=1S/C11H16IN3O2/c1-11(2,3)17-10(16)15-5-4-8-7(6-15)9(12)14-13-8/h4-6H2,1-3H3,(H,13,14). The maximum atomic E-state index is 11.9. The summed E-state index contributed by atoms with van der Waals surface area (Å²) in [6, 6.07) is 0. The lowest BCUT2D eigenvalue weighted by atomic mass is 10.1. The number of H-pyrrole nitrogens is 1. The monoisotopic (exact) mass is 349 g/mol. The van der Waals surface area contributed by atoms with E-state index in [2.05, 4.69) is 32.8 Å². The minimum atomic E-state index is -0.444. The summed E-state index contributed by atoms with van der Waals surface area (Å²) in [5, 5.41) is 7.15. The summed E-state index contributed by atoms with van der Waals surface area (Å²) in [6.07, 6.45) is 0.560. The first-order valence-electron chi connectivity index (χ1n) is 5.56. The van der Waals surface area contributed by atoms with Crippen molar-refractivity contribution in [2.75, 3.05) is 6.54 Å². The maximum absolute atomic E-state index is 11.9. The minimum Gasteiger partial charge on any atom is -0.444 e. The fourth-order valence-electron chi connectivity index (χ4n) is 1.74. The van der Waals surface area contributed by atoms with Crippen molar-refractivity contribution >= 4 is 28.7 Å². The first-order chi connectivity index (χ1) is 7.87. The number of rotatable bonds is 0. The molecule has 5 nitrogen and oxygen atoms in total. The van der Waals surface area contributed by atoms with Crippen LogP contribution in [-0.2, 0) is 17.7 Å². The topological polar surface area (TPSA) is 58.2 Å². The number of hydrogen-bond donors (Lipinski definition) is 1. The van der Waals surface area contributed by atoms with E-state index in [1.807, 2.05) is 20.8 Å². The lowest BCUT2D eigenvalue weighted by molar-refractivity contribution is 0.0223. The molecule has 0 bridgehead atoms. The van der Waals surface area contributed by atoms with Gasteiger partial charge in [0.2, 0.25) is 0 Å². The van der Waals surface area contributed by atoms with E-state index >= 15 is 0 Å². The van der Waals surface area contributed by atoms with Gasteiger partial charge in [0.15, 0.2) is 0 Å². The Morgan fingerprint density at radius 2 is 2.24 bits per heavy atom. The van der Waals surface area contributed by atoms with Crippen LogP contribution in [0, 0.1) is 3.70 Å². The fraction of sp³-hybridized carbons (Fsp3) is 0.636. The molecule has 94 valence electrons. The van der Waals surface area contributed by atoms with Gasteiger partial charge < -0.3 is 9.64 Å². The summed E-state index contributed by atoms with van der Waals surface area (Å²) in [6.45, 7) is 6.89. The largest absolute Gasteiger partial charge is 0.444 e. The Bertz CT molecular complexity index is 436. The maximum Gasteiger partial charge on any atom is 0.410 e. The first-order valence-corrected chi connectivity index (χ1v) is 6.64. The third-order valence-corrected chi connectivity index (χ3v) is 3.43. The zero-order valence-electron chi connectivity index (χ0n) is 10.2. The average molecular weight is 349 g/mol. The van der Waals surface area contributed by atoms with Gasteiger partial charge in [-0.3, -0.25) is 5.10 Å². The van der Waals surface area contributed by atoms with Crippen molar-refractivity contribution in [1.29, 1.82) is 0 Å². The quantitative estimate of drug-likeness (QED) is 0.732. The average Bonchev–Trinajstić information content (AvgIpc) is 2.57. The number of ether oxygens (including phenoxy) is 1. The van der Waals surface area contributed by atoms with Crippen molar-refractivity contribution in [2.24, 2.45) is 0 Å². The Labute approximate surface area is 114 Å². The summed E-state index contributed by atoms with van der Waals surface area (Å²) in [5.74, 6) is 0. The number of amides is 1. The van der Waals surface area contributed by atoms with Gasteiger partial charge in [0.1, 0.15) is 9.30 Å². The van der Waals surface area contributed by atoms with E-state index in [-0.39, 0.29) is 6.09 Å². The molecular formula is C11H16IN3O2. The van der Waals surface area contributed by atoms with Gasteiger partial charge >= 0.3 is 6.09 Å². The molecule has 0 fully saturated rings. The van der Waals surface area contributed by atoms with Crippen LogP contribution in [0.5, 0.6) is 0 Å². The predicted octanol–water partition coefficient (Wildman–Crippen LogP) is 2.31. The van der Waals surface area contributed by atoms with Crippen LogP contribution in [0.4, 0.5) is 4.79 Å². The van der Waals surface area contributed by atoms with Gasteiger partial charge in [0, 0.05) is 24.2 Å². The number of aromatic amines is 1. The fourth-order valence-corrected chi connectivity index (χ4v) is 2.36. The SMILES string of the molecule is CC(C)(C)OC(=O)N1CCc2[nH]nc(I)c2C1. The van der Waals surface area contributed by atoms with Crippen LogP contribution in [0.2, 0.25) is 0 Å². The van der Waals surface area contributed by atoms with E-state index in [4.69, 9.17) is 4.74 Å². The Morgan fingerprint density at radius 3 is 2.88 bits per heavy atom. The smallest absolute Gasteiger partial charge is 0.410 e. The lowest BCUT2D eigenvalue weighted by Gasteiger charge is -2.29. The van der Waals surface area contributed by atoms with Gasteiger partial charge in [0.25, 0.3) is 0 Å². The highest BCUT2D eigenvalue weighted by Crippen LogP contribution is 2.22. The van der Waals surface area contributed by atoms with Crippen molar-refractivity contribution in [3.63, 3.8) is 0 Å². The van der Waals surface area contributed by atoms with Crippen molar-refractivity contribution < 1.29 is 9.53 Å². The van der Waals surface area contributed by atoms with Gasteiger partial charge in [-0.25, -0.2) is 4.79 Å². The van der Waals surface area contributed by atoms with Crippen LogP contribution in [0.25, 0.3) is 0 Å². The predicted molar refractivity (Wildman–Crippen MR) is 71.7 cm³/mol. The van der Waals surface area contributed by atoms with Gasteiger partial charge in [0.05, 0.1) is 6.54 Å². The molecule has 0 aromatic carbocycles. The molecule has 1 amide bonds. The van der Waals surface area contributed by atoms with Gasteiger partial charge in [-0.1, -0.05) is 0 Å². The molecule has 0 atom stereocenters. The molecule has 1 aromatic rings. The number of hydrogen-bond acceptors (Lipinski definition) is 3. The number of aromatic nitrogens is 2. The molecule has 6 heteroatoms. The third kappa shape index (κ3) is 2.91. The Balaban J connectivity index is 2.07. The second kappa shape index (κ2) is 4.47. The van der Waals surface area contributed by atoms with Crippen LogP contribution in [0.15, 0.2) is 0 Å². The molecule has 17 heavy (non-hydrogen) atoms. The van der Waals surface area contributed by atoms with E-state index in [0.29, 0.717) is 13.1 Å². The number of fused-ring (bicyclic) bond motifs is 1. The second-order valence-electron chi connectivity index (χ2n) is 5.12. The molecule has 1 N–H and O–H groups in total. The highest BCUT2D eigenvalue weighted by atomic mass is 127. The summed E-state index contributed by atoms with van der Waals surface area (Å²) in [7, 11) is 0. The Hall–Kier alpha value is -0.790. The van der Waals surface area contributed by atoms with Crippen LogP contribution >= 0.6 is 22.6 Å². The lowest BCUT2D eigenvalue weighted by Crippen LogP contribution is -2.39. The van der Waals surface area contributed by atoms with Gasteiger partial charge in [-0.05, 0) is 43.4 Å². The normalized spacial score (nSPS) is 15.6. The summed E-state index contributed by atoms with van der Waals surface area (Å²) in [4.78, 5) is 13.7. The molecule has 0 unspecified atom stereocenters. The highest BCUT2D eigenvalue weighted by molar-refractivity contribution is 14.1. The zero-order valence-corrected chi connectivity index (χ0v) is 12.4. The Morgan fingerprint density at radius 1 is 1.53 bits per heavy atom. The number of carbonyl (C=O) groups excluding carboxylic acids is 1. The molecule has 0 saturated carbocycles. The minimum absolute atomic E-state index is 0.250. The molecular weight excluding hydrogens is 333 g/mol. The third-order valence-electron chi connectivity index (χ3n) is 2.53.